The fourth-order valence-corrected chi connectivity index (χ4v) is 2.18. The first-order chi connectivity index (χ1) is 10.7. The van der Waals surface area contributed by atoms with Crippen molar-refractivity contribution in [3.05, 3.63) is 22.7 Å². The van der Waals surface area contributed by atoms with Gasteiger partial charge in [-0.3, -0.25) is 0 Å². The van der Waals surface area contributed by atoms with Crippen LogP contribution in [-0.2, 0) is 6.42 Å². The van der Waals surface area contributed by atoms with Crippen LogP contribution in [-0.4, -0.2) is 13.2 Å². The van der Waals surface area contributed by atoms with Crippen molar-refractivity contribution >= 4 is 11.6 Å². The van der Waals surface area contributed by atoms with Crippen molar-refractivity contribution in [2.75, 3.05) is 13.2 Å². The Bertz CT molecular complexity index is 500. The lowest BCUT2D eigenvalue weighted by atomic mass is 10.1. The molecule has 3 heteroatoms. The number of unbranched alkanes of at least 4 members (excludes halogenated alkanes) is 1. The second-order valence-corrected chi connectivity index (χ2v) is 5.60. The van der Waals surface area contributed by atoms with E-state index in [-0.39, 0.29) is 0 Å². The highest BCUT2D eigenvalue weighted by molar-refractivity contribution is 6.32. The Labute approximate surface area is 140 Å². The van der Waals surface area contributed by atoms with E-state index in [0.717, 1.165) is 49.8 Å². The molecule has 0 fully saturated rings. The molecule has 0 amide bonds. The Hall–Kier alpha value is -1.33. The van der Waals surface area contributed by atoms with Gasteiger partial charge in [0.25, 0.3) is 0 Å². The lowest BCUT2D eigenvalue weighted by molar-refractivity contribution is 0.299. The Kier molecular flexibility index (Phi) is 9.59. The van der Waals surface area contributed by atoms with Gasteiger partial charge in [0.1, 0.15) is 11.5 Å². The summed E-state index contributed by atoms with van der Waals surface area (Å²) in [5, 5.41) is 0.647. The molecule has 0 radical (unpaired) electrons. The number of hydrogen-bond acceptors (Lipinski definition) is 2. The second-order valence-electron chi connectivity index (χ2n) is 5.19. The van der Waals surface area contributed by atoms with Gasteiger partial charge < -0.3 is 9.47 Å². The number of aryl methyl sites for hydroxylation is 1. The summed E-state index contributed by atoms with van der Waals surface area (Å²) in [6.45, 7) is 7.67. The van der Waals surface area contributed by atoms with Crippen LogP contribution >= 0.6 is 11.6 Å². The van der Waals surface area contributed by atoms with Gasteiger partial charge in [0.05, 0.1) is 18.2 Å². The first kappa shape index (κ1) is 18.7. The van der Waals surface area contributed by atoms with Gasteiger partial charge >= 0.3 is 0 Å². The maximum absolute atomic E-state index is 6.32. The van der Waals surface area contributed by atoms with Gasteiger partial charge in [0.2, 0.25) is 0 Å². The molecule has 0 aromatic heterocycles. The lowest BCUT2D eigenvalue weighted by Gasteiger charge is -2.14. The molecule has 22 heavy (non-hydrogen) atoms. The number of ether oxygens (including phenoxy) is 2. The Morgan fingerprint density at radius 2 is 1.50 bits per heavy atom. The summed E-state index contributed by atoms with van der Waals surface area (Å²) < 4.78 is 11.5. The largest absolute Gasteiger partial charge is 0.493 e. The van der Waals surface area contributed by atoms with Gasteiger partial charge in [0.15, 0.2) is 0 Å². The van der Waals surface area contributed by atoms with Crippen LogP contribution in [0, 0.1) is 11.8 Å². The van der Waals surface area contributed by atoms with E-state index < -0.39 is 0 Å². The SMILES string of the molecule is CCCC#CCCc1cc(Cl)c(OCCC)cc1OCCC. The summed E-state index contributed by atoms with van der Waals surface area (Å²) in [7, 11) is 0. The molecule has 0 aliphatic carbocycles. The van der Waals surface area contributed by atoms with Crippen LogP contribution in [0.25, 0.3) is 0 Å². The summed E-state index contributed by atoms with van der Waals surface area (Å²) in [6.07, 6.45) is 5.67. The molecule has 0 saturated carbocycles. The van der Waals surface area contributed by atoms with E-state index in [1.165, 1.54) is 0 Å². The third kappa shape index (κ3) is 6.62. The highest BCUT2D eigenvalue weighted by Gasteiger charge is 2.10. The Morgan fingerprint density at radius 3 is 2.14 bits per heavy atom. The van der Waals surface area contributed by atoms with Gasteiger partial charge in [-0.2, -0.15) is 0 Å². The molecule has 0 aliphatic heterocycles. The summed E-state index contributed by atoms with van der Waals surface area (Å²) >= 11 is 6.32. The lowest BCUT2D eigenvalue weighted by Crippen LogP contribution is -2.02. The van der Waals surface area contributed by atoms with Gasteiger partial charge in [-0.05, 0) is 37.3 Å². The first-order valence-corrected chi connectivity index (χ1v) is 8.64. The van der Waals surface area contributed by atoms with Crippen molar-refractivity contribution in [3.8, 4) is 23.3 Å². The standard InChI is InChI=1S/C19H27ClO2/c1-4-7-8-9-10-11-16-14-17(20)19(22-13-6-3)15-18(16)21-12-5-2/h14-15H,4-7,10-13H2,1-3H3. The number of benzene rings is 1. The highest BCUT2D eigenvalue weighted by atomic mass is 35.5. The Balaban J connectivity index is 2.83. The topological polar surface area (TPSA) is 18.5 Å². The molecule has 0 aliphatic rings. The number of rotatable bonds is 9. The van der Waals surface area contributed by atoms with Crippen molar-refractivity contribution in [1.82, 2.24) is 0 Å². The van der Waals surface area contributed by atoms with E-state index in [4.69, 9.17) is 21.1 Å². The van der Waals surface area contributed by atoms with Crippen molar-refractivity contribution < 1.29 is 9.47 Å². The smallest absolute Gasteiger partial charge is 0.141 e. The van der Waals surface area contributed by atoms with Gasteiger partial charge in [-0.25, -0.2) is 0 Å². The van der Waals surface area contributed by atoms with Crippen molar-refractivity contribution in [1.29, 1.82) is 0 Å². The molecule has 2 nitrogen and oxygen atoms in total. The predicted octanol–water partition coefficient (Wildman–Crippen LogP) is 5.65. The maximum atomic E-state index is 6.32. The number of halogens is 1. The fourth-order valence-electron chi connectivity index (χ4n) is 1.94. The zero-order chi connectivity index (χ0) is 16.2. The second kappa shape index (κ2) is 11.3. The van der Waals surface area contributed by atoms with E-state index in [1.54, 1.807) is 0 Å². The molecule has 0 bridgehead atoms. The quantitative estimate of drug-likeness (QED) is 0.547. The van der Waals surface area contributed by atoms with Crippen molar-refractivity contribution in [2.24, 2.45) is 0 Å². The average Bonchev–Trinajstić information content (AvgIpc) is 2.52. The molecule has 0 saturated heterocycles. The monoisotopic (exact) mass is 322 g/mol. The van der Waals surface area contributed by atoms with E-state index >= 15 is 0 Å². The summed E-state index contributed by atoms with van der Waals surface area (Å²) in [5.74, 6) is 7.95. The fraction of sp³-hybridized carbons (Fsp3) is 0.579. The van der Waals surface area contributed by atoms with Crippen molar-refractivity contribution in [3.63, 3.8) is 0 Å². The normalized spacial score (nSPS) is 10.0. The summed E-state index contributed by atoms with van der Waals surface area (Å²) in [6, 6.07) is 3.88. The third-order valence-corrected chi connectivity index (χ3v) is 3.35. The van der Waals surface area contributed by atoms with Crippen molar-refractivity contribution in [2.45, 2.75) is 59.3 Å². The Morgan fingerprint density at radius 1 is 0.864 bits per heavy atom. The van der Waals surface area contributed by atoms with Crippen LogP contribution in [0.3, 0.4) is 0 Å². The molecular formula is C19H27ClO2. The zero-order valence-electron chi connectivity index (χ0n) is 14.0. The minimum Gasteiger partial charge on any atom is -0.493 e. The van der Waals surface area contributed by atoms with E-state index in [0.29, 0.717) is 24.0 Å². The van der Waals surface area contributed by atoms with Crippen LogP contribution in [0.1, 0.15) is 58.4 Å². The van der Waals surface area contributed by atoms with Gasteiger partial charge in [-0.1, -0.05) is 32.4 Å². The molecule has 0 heterocycles. The van der Waals surface area contributed by atoms with Crippen LogP contribution < -0.4 is 9.47 Å². The minimum atomic E-state index is 0.647. The van der Waals surface area contributed by atoms with Crippen LogP contribution in [0.4, 0.5) is 0 Å². The molecule has 0 N–H and O–H groups in total. The number of hydrogen-bond donors (Lipinski definition) is 0. The molecule has 1 aromatic carbocycles. The van der Waals surface area contributed by atoms with Gasteiger partial charge in [0, 0.05) is 18.9 Å². The molecule has 1 aromatic rings. The van der Waals surface area contributed by atoms with E-state index in [9.17, 15) is 0 Å². The minimum absolute atomic E-state index is 0.647. The summed E-state index contributed by atoms with van der Waals surface area (Å²) in [4.78, 5) is 0. The van der Waals surface area contributed by atoms with E-state index in [2.05, 4.69) is 32.6 Å². The summed E-state index contributed by atoms with van der Waals surface area (Å²) in [5.41, 5.74) is 1.10. The van der Waals surface area contributed by atoms with Gasteiger partial charge in [-0.15, -0.1) is 11.8 Å². The predicted molar refractivity (Wildman–Crippen MR) is 94.0 cm³/mol. The van der Waals surface area contributed by atoms with Crippen LogP contribution in [0.15, 0.2) is 12.1 Å². The molecular weight excluding hydrogens is 296 g/mol. The molecule has 0 unspecified atom stereocenters. The van der Waals surface area contributed by atoms with Crippen LogP contribution in [0.5, 0.6) is 11.5 Å². The molecule has 122 valence electrons. The molecule has 1 rings (SSSR count). The third-order valence-electron chi connectivity index (χ3n) is 3.06. The highest BCUT2D eigenvalue weighted by Crippen LogP contribution is 2.33. The average molecular weight is 323 g/mol. The zero-order valence-corrected chi connectivity index (χ0v) is 14.8. The molecule has 0 spiro atoms. The first-order valence-electron chi connectivity index (χ1n) is 8.26. The maximum Gasteiger partial charge on any atom is 0.141 e. The molecule has 0 atom stereocenters. The van der Waals surface area contributed by atoms with Crippen LogP contribution in [0.2, 0.25) is 5.02 Å². The van der Waals surface area contributed by atoms with E-state index in [1.807, 2.05) is 12.1 Å².